The number of aromatic amines is 1. The van der Waals surface area contributed by atoms with E-state index >= 15 is 0 Å². The topological polar surface area (TPSA) is 51.0 Å². The van der Waals surface area contributed by atoms with Crippen LogP contribution in [0, 0.1) is 0 Å². The average molecular weight is 364 g/mol. The van der Waals surface area contributed by atoms with Gasteiger partial charge in [-0.05, 0) is 24.3 Å². The smallest absolute Gasteiger partial charge is 0.148 e. The maximum absolute atomic E-state index is 6.20. The molecule has 0 saturated carbocycles. The molecule has 0 atom stereocenters. The Labute approximate surface area is 142 Å². The van der Waals surface area contributed by atoms with Crippen LogP contribution in [0.1, 0.15) is 0 Å². The zero-order valence-electron chi connectivity index (χ0n) is 10.5. The molecule has 1 heterocycles. The standard InChI is InChI=1S/C14H9Cl3N2O.ClH/c15-8-2-1-3-11(14(8)17)20-12-6-10-7(4-9(12)16)5-13(18)19-10;/h1-6,19H,18H2;1H. The van der Waals surface area contributed by atoms with Crippen molar-refractivity contribution in [3.63, 3.8) is 0 Å². The summed E-state index contributed by atoms with van der Waals surface area (Å²) in [6.45, 7) is 0. The lowest BCUT2D eigenvalue weighted by Crippen LogP contribution is -1.87. The number of nitrogen functional groups attached to an aromatic ring is 1. The Hall–Kier alpha value is -1.26. The van der Waals surface area contributed by atoms with E-state index in [1.165, 1.54) is 0 Å². The van der Waals surface area contributed by atoms with Gasteiger partial charge in [0.2, 0.25) is 0 Å². The van der Waals surface area contributed by atoms with Crippen molar-refractivity contribution in [2.75, 3.05) is 5.73 Å². The number of fused-ring (bicyclic) bond motifs is 1. The number of aromatic nitrogens is 1. The number of benzene rings is 2. The van der Waals surface area contributed by atoms with Crippen LogP contribution in [0.25, 0.3) is 10.9 Å². The van der Waals surface area contributed by atoms with Crippen molar-refractivity contribution in [2.24, 2.45) is 0 Å². The van der Waals surface area contributed by atoms with E-state index in [9.17, 15) is 0 Å². The third-order valence-electron chi connectivity index (χ3n) is 2.83. The number of rotatable bonds is 2. The summed E-state index contributed by atoms with van der Waals surface area (Å²) in [6, 6.07) is 10.5. The molecular formula is C14H10Cl4N2O. The van der Waals surface area contributed by atoms with Crippen molar-refractivity contribution < 1.29 is 4.74 Å². The molecule has 21 heavy (non-hydrogen) atoms. The van der Waals surface area contributed by atoms with Crippen LogP contribution < -0.4 is 10.5 Å². The number of nitrogens with one attached hydrogen (secondary N) is 1. The molecule has 0 aliphatic carbocycles. The largest absolute Gasteiger partial charge is 0.454 e. The lowest BCUT2D eigenvalue weighted by atomic mass is 10.2. The number of halogens is 4. The molecule has 0 aliphatic heterocycles. The van der Waals surface area contributed by atoms with Crippen molar-refractivity contribution >= 4 is 63.9 Å². The minimum absolute atomic E-state index is 0. The fourth-order valence-corrected chi connectivity index (χ4v) is 2.46. The molecule has 1 aromatic heterocycles. The molecule has 0 fully saturated rings. The van der Waals surface area contributed by atoms with Crippen LogP contribution in [0.5, 0.6) is 11.5 Å². The lowest BCUT2D eigenvalue weighted by Gasteiger charge is -2.10. The second-order valence-electron chi connectivity index (χ2n) is 4.25. The van der Waals surface area contributed by atoms with Crippen LogP contribution in [0.2, 0.25) is 15.1 Å². The molecule has 0 aliphatic rings. The van der Waals surface area contributed by atoms with Gasteiger partial charge in [-0.15, -0.1) is 12.4 Å². The first-order valence-corrected chi connectivity index (χ1v) is 6.87. The van der Waals surface area contributed by atoms with Crippen molar-refractivity contribution in [3.8, 4) is 11.5 Å². The van der Waals surface area contributed by atoms with Gasteiger partial charge in [-0.3, -0.25) is 0 Å². The molecule has 0 bridgehead atoms. The van der Waals surface area contributed by atoms with Crippen molar-refractivity contribution in [1.82, 2.24) is 4.98 Å². The number of H-pyrrole nitrogens is 1. The fraction of sp³-hybridized carbons (Fsp3) is 0. The first-order valence-electron chi connectivity index (χ1n) is 5.74. The Morgan fingerprint density at radius 2 is 1.71 bits per heavy atom. The molecule has 0 radical (unpaired) electrons. The lowest BCUT2D eigenvalue weighted by molar-refractivity contribution is 0.484. The average Bonchev–Trinajstić information content (AvgIpc) is 2.74. The highest BCUT2D eigenvalue weighted by atomic mass is 35.5. The van der Waals surface area contributed by atoms with Crippen LogP contribution in [-0.4, -0.2) is 4.98 Å². The second kappa shape index (κ2) is 6.24. The number of ether oxygens (including phenoxy) is 1. The van der Waals surface area contributed by atoms with Gasteiger partial charge < -0.3 is 15.5 Å². The normalized spacial score (nSPS) is 10.4. The minimum atomic E-state index is 0. The summed E-state index contributed by atoms with van der Waals surface area (Å²) in [6.07, 6.45) is 0. The summed E-state index contributed by atoms with van der Waals surface area (Å²) in [4.78, 5) is 3.02. The molecule has 0 spiro atoms. The third-order valence-corrected chi connectivity index (χ3v) is 3.93. The number of nitrogens with two attached hydrogens (primary N) is 1. The van der Waals surface area contributed by atoms with Gasteiger partial charge in [0.25, 0.3) is 0 Å². The molecule has 3 N–H and O–H groups in total. The highest BCUT2D eigenvalue weighted by molar-refractivity contribution is 6.43. The predicted molar refractivity (Wildman–Crippen MR) is 91.5 cm³/mol. The second-order valence-corrected chi connectivity index (χ2v) is 5.44. The van der Waals surface area contributed by atoms with Crippen LogP contribution >= 0.6 is 47.2 Å². The highest BCUT2D eigenvalue weighted by Crippen LogP contribution is 2.38. The molecule has 7 heteroatoms. The molecule has 0 unspecified atom stereocenters. The molecule has 3 rings (SSSR count). The first-order chi connectivity index (χ1) is 9.54. The quantitative estimate of drug-likeness (QED) is 0.593. The van der Waals surface area contributed by atoms with E-state index in [2.05, 4.69) is 4.98 Å². The number of hydrogen-bond acceptors (Lipinski definition) is 2. The molecule has 2 aromatic carbocycles. The van der Waals surface area contributed by atoms with Crippen molar-refractivity contribution in [3.05, 3.63) is 51.5 Å². The Kier molecular flexibility index (Phi) is 4.79. The van der Waals surface area contributed by atoms with Gasteiger partial charge in [-0.25, -0.2) is 0 Å². The molecule has 3 nitrogen and oxygen atoms in total. The van der Waals surface area contributed by atoms with E-state index in [4.69, 9.17) is 45.3 Å². The highest BCUT2D eigenvalue weighted by Gasteiger charge is 2.11. The van der Waals surface area contributed by atoms with Crippen LogP contribution in [0.15, 0.2) is 36.4 Å². The molecular weight excluding hydrogens is 354 g/mol. The molecule has 3 aromatic rings. The Bertz CT molecular complexity index is 801. The molecule has 0 saturated heterocycles. The Morgan fingerprint density at radius 3 is 2.48 bits per heavy atom. The van der Waals surface area contributed by atoms with Gasteiger partial charge in [0.05, 0.1) is 15.6 Å². The maximum atomic E-state index is 6.20. The zero-order chi connectivity index (χ0) is 14.3. The van der Waals surface area contributed by atoms with Crippen molar-refractivity contribution in [2.45, 2.75) is 0 Å². The van der Waals surface area contributed by atoms with E-state index in [1.807, 2.05) is 0 Å². The predicted octanol–water partition coefficient (Wildman–Crippen LogP) is 5.92. The summed E-state index contributed by atoms with van der Waals surface area (Å²) in [5.41, 5.74) is 6.54. The summed E-state index contributed by atoms with van der Waals surface area (Å²) >= 11 is 18.2. The monoisotopic (exact) mass is 362 g/mol. The number of hydrogen-bond donors (Lipinski definition) is 2. The fourth-order valence-electron chi connectivity index (χ4n) is 1.92. The van der Waals surface area contributed by atoms with Gasteiger partial charge in [0, 0.05) is 11.5 Å². The molecule has 0 amide bonds. The summed E-state index contributed by atoms with van der Waals surface area (Å²) < 4.78 is 5.73. The molecule has 110 valence electrons. The first kappa shape index (κ1) is 16.1. The van der Waals surface area contributed by atoms with E-state index in [0.717, 1.165) is 10.9 Å². The number of anilines is 1. The SMILES string of the molecule is Cl.Nc1cc2cc(Cl)c(Oc3cccc(Cl)c3Cl)cc2[nH]1. The van der Waals surface area contributed by atoms with Crippen LogP contribution in [-0.2, 0) is 0 Å². The van der Waals surface area contributed by atoms with Gasteiger partial charge in [0.1, 0.15) is 22.3 Å². The summed E-state index contributed by atoms with van der Waals surface area (Å²) in [5.74, 6) is 1.49. The van der Waals surface area contributed by atoms with Crippen molar-refractivity contribution in [1.29, 1.82) is 0 Å². The van der Waals surface area contributed by atoms with Crippen LogP contribution in [0.3, 0.4) is 0 Å². The van der Waals surface area contributed by atoms with E-state index in [1.54, 1.807) is 36.4 Å². The van der Waals surface area contributed by atoms with Crippen LogP contribution in [0.4, 0.5) is 5.82 Å². The summed E-state index contributed by atoms with van der Waals surface area (Å²) in [5, 5.41) is 2.14. The zero-order valence-corrected chi connectivity index (χ0v) is 13.6. The van der Waals surface area contributed by atoms with Gasteiger partial charge in [-0.2, -0.15) is 0 Å². The Balaban J connectivity index is 0.00000161. The van der Waals surface area contributed by atoms with Gasteiger partial charge in [-0.1, -0.05) is 40.9 Å². The third kappa shape index (κ3) is 3.16. The van der Waals surface area contributed by atoms with E-state index in [-0.39, 0.29) is 12.4 Å². The minimum Gasteiger partial charge on any atom is -0.454 e. The summed E-state index contributed by atoms with van der Waals surface area (Å²) in [7, 11) is 0. The van der Waals surface area contributed by atoms with Gasteiger partial charge >= 0.3 is 0 Å². The van der Waals surface area contributed by atoms with E-state index in [0.29, 0.717) is 32.4 Å². The Morgan fingerprint density at radius 1 is 0.952 bits per heavy atom. The van der Waals surface area contributed by atoms with E-state index < -0.39 is 0 Å². The maximum Gasteiger partial charge on any atom is 0.148 e. The van der Waals surface area contributed by atoms with Gasteiger partial charge in [0.15, 0.2) is 0 Å².